The van der Waals surface area contributed by atoms with Crippen molar-refractivity contribution in [2.75, 3.05) is 6.54 Å². The SMILES string of the molecule is CCC1CCC(N2CCCC2C(N)=NO)CC1. The molecule has 0 spiro atoms. The third kappa shape index (κ3) is 2.73. The zero-order valence-electron chi connectivity index (χ0n) is 10.8. The Balaban J connectivity index is 1.93. The highest BCUT2D eigenvalue weighted by Gasteiger charge is 2.34. The molecule has 0 aromatic carbocycles. The number of oxime groups is 1. The summed E-state index contributed by atoms with van der Waals surface area (Å²) in [4.78, 5) is 2.47. The van der Waals surface area contributed by atoms with Gasteiger partial charge in [-0.2, -0.15) is 0 Å². The first kappa shape index (κ1) is 12.7. The molecular formula is C13H25N3O. The number of amidine groups is 1. The molecule has 1 aliphatic carbocycles. The Morgan fingerprint density at radius 3 is 2.59 bits per heavy atom. The van der Waals surface area contributed by atoms with Crippen LogP contribution in [0.5, 0.6) is 0 Å². The first-order valence-electron chi connectivity index (χ1n) is 6.99. The lowest BCUT2D eigenvalue weighted by molar-refractivity contribution is 0.143. The van der Waals surface area contributed by atoms with Gasteiger partial charge in [0.2, 0.25) is 0 Å². The van der Waals surface area contributed by atoms with Crippen LogP contribution >= 0.6 is 0 Å². The van der Waals surface area contributed by atoms with E-state index in [0.29, 0.717) is 11.9 Å². The lowest BCUT2D eigenvalue weighted by Gasteiger charge is -2.37. The van der Waals surface area contributed by atoms with Crippen LogP contribution in [0, 0.1) is 5.92 Å². The fourth-order valence-electron chi connectivity index (χ4n) is 3.50. The molecule has 3 N–H and O–H groups in total. The molecule has 1 atom stereocenters. The van der Waals surface area contributed by atoms with Gasteiger partial charge in [-0.15, -0.1) is 0 Å². The van der Waals surface area contributed by atoms with Crippen molar-refractivity contribution in [3.63, 3.8) is 0 Å². The first-order valence-corrected chi connectivity index (χ1v) is 6.99. The van der Waals surface area contributed by atoms with Crippen LogP contribution in [0.3, 0.4) is 0 Å². The zero-order chi connectivity index (χ0) is 12.3. The van der Waals surface area contributed by atoms with Gasteiger partial charge in [0.05, 0.1) is 6.04 Å². The number of hydrogen-bond acceptors (Lipinski definition) is 3. The van der Waals surface area contributed by atoms with Crippen LogP contribution in [-0.2, 0) is 0 Å². The number of hydrogen-bond donors (Lipinski definition) is 2. The van der Waals surface area contributed by atoms with Crippen LogP contribution < -0.4 is 5.73 Å². The normalized spacial score (nSPS) is 36.3. The molecule has 2 rings (SSSR count). The maximum absolute atomic E-state index is 8.83. The van der Waals surface area contributed by atoms with Crippen molar-refractivity contribution in [2.24, 2.45) is 16.8 Å². The van der Waals surface area contributed by atoms with Gasteiger partial charge in [0.25, 0.3) is 0 Å². The van der Waals surface area contributed by atoms with Gasteiger partial charge in [0.1, 0.15) is 0 Å². The molecule has 0 aromatic heterocycles. The summed E-state index contributed by atoms with van der Waals surface area (Å²) in [5.74, 6) is 1.33. The molecule has 2 aliphatic rings. The second kappa shape index (κ2) is 5.71. The van der Waals surface area contributed by atoms with E-state index in [1.54, 1.807) is 0 Å². The fraction of sp³-hybridized carbons (Fsp3) is 0.923. The van der Waals surface area contributed by atoms with Crippen LogP contribution in [0.15, 0.2) is 5.16 Å². The van der Waals surface area contributed by atoms with E-state index in [1.165, 1.54) is 38.5 Å². The van der Waals surface area contributed by atoms with E-state index in [0.717, 1.165) is 18.9 Å². The minimum atomic E-state index is 0.183. The Morgan fingerprint density at radius 2 is 2.00 bits per heavy atom. The molecule has 0 bridgehead atoms. The molecule has 1 saturated carbocycles. The molecule has 0 radical (unpaired) electrons. The van der Waals surface area contributed by atoms with Crippen molar-refractivity contribution in [3.8, 4) is 0 Å². The number of nitrogens with zero attached hydrogens (tertiary/aromatic N) is 2. The van der Waals surface area contributed by atoms with Gasteiger partial charge in [0, 0.05) is 6.04 Å². The molecule has 2 fully saturated rings. The smallest absolute Gasteiger partial charge is 0.156 e. The summed E-state index contributed by atoms with van der Waals surface area (Å²) >= 11 is 0. The molecule has 98 valence electrons. The van der Waals surface area contributed by atoms with Crippen LogP contribution in [-0.4, -0.2) is 34.6 Å². The summed E-state index contributed by atoms with van der Waals surface area (Å²) < 4.78 is 0. The lowest BCUT2D eigenvalue weighted by Crippen LogP contribution is -2.47. The quantitative estimate of drug-likeness (QED) is 0.343. The summed E-state index contributed by atoms with van der Waals surface area (Å²) in [5.41, 5.74) is 5.79. The minimum Gasteiger partial charge on any atom is -0.409 e. The summed E-state index contributed by atoms with van der Waals surface area (Å²) in [6.07, 6.45) is 8.80. The van der Waals surface area contributed by atoms with Gasteiger partial charge in [-0.3, -0.25) is 4.90 Å². The molecule has 17 heavy (non-hydrogen) atoms. The summed E-state index contributed by atoms with van der Waals surface area (Å²) in [5, 5.41) is 12.0. The van der Waals surface area contributed by atoms with Crippen LogP contribution in [0.2, 0.25) is 0 Å². The van der Waals surface area contributed by atoms with Gasteiger partial charge in [-0.05, 0) is 51.0 Å². The van der Waals surface area contributed by atoms with Crippen molar-refractivity contribution < 1.29 is 5.21 Å². The first-order chi connectivity index (χ1) is 8.26. The molecule has 1 saturated heterocycles. The van der Waals surface area contributed by atoms with E-state index in [2.05, 4.69) is 17.0 Å². The van der Waals surface area contributed by atoms with E-state index < -0.39 is 0 Å². The topological polar surface area (TPSA) is 61.8 Å². The maximum atomic E-state index is 8.83. The highest BCUT2D eigenvalue weighted by molar-refractivity contribution is 5.85. The fourth-order valence-corrected chi connectivity index (χ4v) is 3.50. The maximum Gasteiger partial charge on any atom is 0.156 e. The van der Waals surface area contributed by atoms with Gasteiger partial charge < -0.3 is 10.9 Å². The molecule has 1 unspecified atom stereocenters. The van der Waals surface area contributed by atoms with Crippen molar-refractivity contribution in [1.82, 2.24) is 4.90 Å². The van der Waals surface area contributed by atoms with E-state index in [4.69, 9.17) is 10.9 Å². The van der Waals surface area contributed by atoms with E-state index in [9.17, 15) is 0 Å². The van der Waals surface area contributed by atoms with Crippen molar-refractivity contribution >= 4 is 5.84 Å². The Kier molecular flexibility index (Phi) is 4.26. The van der Waals surface area contributed by atoms with E-state index in [-0.39, 0.29) is 6.04 Å². The van der Waals surface area contributed by atoms with Crippen molar-refractivity contribution in [1.29, 1.82) is 0 Å². The van der Waals surface area contributed by atoms with E-state index >= 15 is 0 Å². The number of rotatable bonds is 3. The second-order valence-corrected chi connectivity index (χ2v) is 5.50. The van der Waals surface area contributed by atoms with Gasteiger partial charge in [0.15, 0.2) is 5.84 Å². The van der Waals surface area contributed by atoms with Crippen molar-refractivity contribution in [3.05, 3.63) is 0 Å². The average molecular weight is 239 g/mol. The van der Waals surface area contributed by atoms with Gasteiger partial charge in [-0.1, -0.05) is 18.5 Å². The second-order valence-electron chi connectivity index (χ2n) is 5.50. The molecule has 0 aromatic rings. The molecular weight excluding hydrogens is 214 g/mol. The number of likely N-dealkylation sites (tertiary alicyclic amines) is 1. The molecule has 1 aliphatic heterocycles. The van der Waals surface area contributed by atoms with Gasteiger partial charge >= 0.3 is 0 Å². The van der Waals surface area contributed by atoms with Crippen LogP contribution in [0.1, 0.15) is 51.9 Å². The summed E-state index contributed by atoms with van der Waals surface area (Å²) in [6.45, 7) is 3.41. The van der Waals surface area contributed by atoms with Crippen LogP contribution in [0.25, 0.3) is 0 Å². The zero-order valence-corrected chi connectivity index (χ0v) is 10.8. The van der Waals surface area contributed by atoms with Gasteiger partial charge in [-0.25, -0.2) is 0 Å². The highest BCUT2D eigenvalue weighted by atomic mass is 16.4. The summed E-state index contributed by atoms with van der Waals surface area (Å²) in [6, 6.07) is 0.841. The third-order valence-corrected chi connectivity index (χ3v) is 4.61. The average Bonchev–Trinajstić information content (AvgIpc) is 2.87. The largest absolute Gasteiger partial charge is 0.409 e. The van der Waals surface area contributed by atoms with Crippen LogP contribution in [0.4, 0.5) is 0 Å². The standard InChI is InChI=1S/C13H25N3O/c1-2-10-5-7-11(8-6-10)16-9-3-4-12(16)13(14)15-17/h10-12,17H,2-9H2,1H3,(H2,14,15). The monoisotopic (exact) mass is 239 g/mol. The molecule has 4 nitrogen and oxygen atoms in total. The Bertz CT molecular complexity index is 272. The molecule has 0 amide bonds. The summed E-state index contributed by atoms with van der Waals surface area (Å²) in [7, 11) is 0. The Labute approximate surface area is 104 Å². The highest BCUT2D eigenvalue weighted by Crippen LogP contribution is 2.33. The Hall–Kier alpha value is -0.770. The Morgan fingerprint density at radius 1 is 1.29 bits per heavy atom. The predicted molar refractivity (Wildman–Crippen MR) is 69.2 cm³/mol. The third-order valence-electron chi connectivity index (χ3n) is 4.61. The lowest BCUT2D eigenvalue weighted by atomic mass is 9.83. The van der Waals surface area contributed by atoms with Crippen molar-refractivity contribution in [2.45, 2.75) is 64.0 Å². The predicted octanol–water partition coefficient (Wildman–Crippen LogP) is 2.17. The molecule has 4 heteroatoms. The number of nitrogens with two attached hydrogens (primary N) is 1. The molecule has 1 heterocycles. The minimum absolute atomic E-state index is 0.183. The van der Waals surface area contributed by atoms with E-state index in [1.807, 2.05) is 0 Å².